The number of hydrogen-bond acceptors (Lipinski definition) is 9. The predicted molar refractivity (Wildman–Crippen MR) is 109 cm³/mol. The van der Waals surface area contributed by atoms with Crippen LogP contribution in [-0.2, 0) is 6.54 Å². The van der Waals surface area contributed by atoms with E-state index >= 15 is 0 Å². The van der Waals surface area contributed by atoms with Gasteiger partial charge in [0.15, 0.2) is 17.3 Å². The molecular formula is C20H15N7O4. The lowest BCUT2D eigenvalue weighted by Gasteiger charge is -2.08. The summed E-state index contributed by atoms with van der Waals surface area (Å²) in [5, 5.41) is 30.3. The van der Waals surface area contributed by atoms with E-state index in [2.05, 4.69) is 20.6 Å². The Bertz CT molecular complexity index is 1300. The summed E-state index contributed by atoms with van der Waals surface area (Å²) in [5.41, 5.74) is 1.91. The van der Waals surface area contributed by atoms with Crippen molar-refractivity contribution in [2.75, 3.05) is 11.9 Å². The molecule has 2 aromatic carbocycles. The Morgan fingerprint density at radius 1 is 1.19 bits per heavy atom. The number of carbonyl (C=O) groups excluding carboxylic acids is 1. The molecule has 0 unspecified atom stereocenters. The summed E-state index contributed by atoms with van der Waals surface area (Å²) < 4.78 is 6.55. The van der Waals surface area contributed by atoms with E-state index in [1.165, 1.54) is 24.3 Å². The highest BCUT2D eigenvalue weighted by Gasteiger charge is 2.22. The van der Waals surface area contributed by atoms with Gasteiger partial charge in [0.05, 0.1) is 35.0 Å². The number of nitrogens with zero attached hydrogens (tertiary/aromatic N) is 6. The van der Waals surface area contributed by atoms with Gasteiger partial charge in [-0.3, -0.25) is 14.9 Å². The lowest BCUT2D eigenvalue weighted by atomic mass is 10.1. The second kappa shape index (κ2) is 8.42. The molecule has 4 rings (SSSR count). The van der Waals surface area contributed by atoms with Crippen LogP contribution in [0.1, 0.15) is 16.8 Å². The molecule has 2 heterocycles. The maximum atomic E-state index is 12.9. The Morgan fingerprint density at radius 2 is 1.97 bits per heavy atom. The number of rotatable bonds is 8. The Labute approximate surface area is 175 Å². The number of ketones is 1. The molecule has 11 heteroatoms. The van der Waals surface area contributed by atoms with Gasteiger partial charge in [0, 0.05) is 24.2 Å². The van der Waals surface area contributed by atoms with Crippen molar-refractivity contribution in [1.82, 2.24) is 19.9 Å². The number of para-hydroxylation sites is 2. The minimum absolute atomic E-state index is 0.0713. The highest BCUT2D eigenvalue weighted by Crippen LogP contribution is 2.28. The quantitative estimate of drug-likeness (QED) is 0.197. The number of aromatic nitrogens is 4. The number of nitro benzene ring substituents is 1. The van der Waals surface area contributed by atoms with Gasteiger partial charge in [-0.25, -0.2) is 9.61 Å². The maximum absolute atomic E-state index is 12.9. The molecule has 4 aromatic rings. The largest absolute Gasteiger partial charge is 0.364 e. The Kier molecular flexibility index (Phi) is 5.35. The first-order chi connectivity index (χ1) is 15.1. The van der Waals surface area contributed by atoms with E-state index in [1.54, 1.807) is 4.57 Å². The van der Waals surface area contributed by atoms with Gasteiger partial charge < -0.3 is 9.88 Å². The van der Waals surface area contributed by atoms with Crippen LogP contribution < -0.4 is 5.32 Å². The summed E-state index contributed by atoms with van der Waals surface area (Å²) in [6, 6.07) is 14.7. The van der Waals surface area contributed by atoms with Crippen LogP contribution in [0.4, 0.5) is 11.5 Å². The average molecular weight is 417 g/mol. The van der Waals surface area contributed by atoms with E-state index < -0.39 is 4.92 Å². The third kappa shape index (κ3) is 3.95. The molecular weight excluding hydrogens is 402 g/mol. The monoisotopic (exact) mass is 417 g/mol. The molecule has 0 fully saturated rings. The molecule has 0 atom stereocenters. The van der Waals surface area contributed by atoms with Crippen LogP contribution in [0, 0.1) is 21.4 Å². The van der Waals surface area contributed by atoms with Gasteiger partial charge in [0.2, 0.25) is 5.82 Å². The van der Waals surface area contributed by atoms with Gasteiger partial charge in [-0.1, -0.05) is 12.1 Å². The van der Waals surface area contributed by atoms with E-state index in [9.17, 15) is 14.9 Å². The van der Waals surface area contributed by atoms with Crippen molar-refractivity contribution in [1.29, 1.82) is 5.26 Å². The Balaban J connectivity index is 1.71. The molecule has 1 N–H and O–H groups in total. The number of non-ortho nitro benzene ring substituents is 1. The fourth-order valence-electron chi connectivity index (χ4n) is 3.11. The minimum atomic E-state index is -0.520. The maximum Gasteiger partial charge on any atom is 0.269 e. The first-order valence-electron chi connectivity index (χ1n) is 9.25. The number of benzene rings is 2. The van der Waals surface area contributed by atoms with Gasteiger partial charge in [-0.05, 0) is 34.6 Å². The first-order valence-corrected chi connectivity index (χ1v) is 9.25. The highest BCUT2D eigenvalue weighted by molar-refractivity contribution is 5.97. The topological polar surface area (TPSA) is 153 Å². The summed E-state index contributed by atoms with van der Waals surface area (Å²) in [6.45, 7) is 0.276. The number of hydrogen-bond donors (Lipinski definition) is 1. The number of anilines is 1. The van der Waals surface area contributed by atoms with Gasteiger partial charge in [-0.2, -0.15) is 5.26 Å². The standard InChI is InChI=1S/C20H15N7O4/c21-10-3-11-22-19-18(24-31-25-19)20-23-15-4-1-2-5-16(15)26(20)12-17(28)13-6-8-14(9-7-13)27(29)30/h1-2,4-9H,3,11-12H2,(H,22,25). The third-order valence-corrected chi connectivity index (χ3v) is 4.59. The molecule has 154 valence electrons. The molecule has 0 aliphatic carbocycles. The van der Waals surface area contributed by atoms with Crippen molar-refractivity contribution in [3.05, 3.63) is 64.2 Å². The van der Waals surface area contributed by atoms with Crippen molar-refractivity contribution in [2.24, 2.45) is 0 Å². The van der Waals surface area contributed by atoms with Gasteiger partial charge in [0.1, 0.15) is 0 Å². The fourth-order valence-corrected chi connectivity index (χ4v) is 3.11. The number of fused-ring (bicyclic) bond motifs is 1. The van der Waals surface area contributed by atoms with Crippen molar-refractivity contribution in [3.63, 3.8) is 0 Å². The summed E-state index contributed by atoms with van der Waals surface area (Å²) in [5.74, 6) is 0.432. The van der Waals surface area contributed by atoms with Crippen LogP contribution in [-0.4, -0.2) is 37.1 Å². The fraction of sp³-hybridized carbons (Fsp3) is 0.150. The molecule has 31 heavy (non-hydrogen) atoms. The van der Waals surface area contributed by atoms with E-state index in [0.717, 1.165) is 0 Å². The van der Waals surface area contributed by atoms with Crippen LogP contribution in [0.3, 0.4) is 0 Å². The summed E-state index contributed by atoms with van der Waals surface area (Å²) >= 11 is 0. The number of nitrogens with one attached hydrogen (secondary N) is 1. The smallest absolute Gasteiger partial charge is 0.269 e. The zero-order valence-corrected chi connectivity index (χ0v) is 16.1. The van der Waals surface area contributed by atoms with Crippen molar-refractivity contribution < 1.29 is 14.3 Å². The lowest BCUT2D eigenvalue weighted by molar-refractivity contribution is -0.384. The molecule has 0 saturated heterocycles. The average Bonchev–Trinajstić information content (AvgIpc) is 3.38. The zero-order chi connectivity index (χ0) is 21.8. The van der Waals surface area contributed by atoms with Crippen molar-refractivity contribution in [3.8, 4) is 17.6 Å². The highest BCUT2D eigenvalue weighted by atomic mass is 16.6. The van der Waals surface area contributed by atoms with Gasteiger partial charge >= 0.3 is 0 Å². The first kappa shape index (κ1) is 19.7. The number of imidazole rings is 1. The molecule has 0 radical (unpaired) electrons. The van der Waals surface area contributed by atoms with E-state index in [-0.39, 0.29) is 24.4 Å². The Hall–Kier alpha value is -4.59. The minimum Gasteiger partial charge on any atom is -0.364 e. The number of nitriles is 1. The summed E-state index contributed by atoms with van der Waals surface area (Å²) in [4.78, 5) is 27.8. The number of carbonyl (C=O) groups is 1. The molecule has 11 nitrogen and oxygen atoms in total. The molecule has 2 aromatic heterocycles. The molecule has 0 spiro atoms. The normalized spacial score (nSPS) is 10.7. The van der Waals surface area contributed by atoms with Crippen molar-refractivity contribution >= 4 is 28.3 Å². The molecule has 0 bridgehead atoms. The third-order valence-electron chi connectivity index (χ3n) is 4.59. The van der Waals surface area contributed by atoms with Gasteiger partial charge in [-0.15, -0.1) is 0 Å². The molecule has 0 aliphatic heterocycles. The molecule has 0 saturated carbocycles. The van der Waals surface area contributed by atoms with E-state index in [4.69, 9.17) is 9.89 Å². The second-order valence-electron chi connectivity index (χ2n) is 6.53. The van der Waals surface area contributed by atoms with Gasteiger partial charge in [0.25, 0.3) is 5.69 Å². The number of nitro groups is 1. The van der Waals surface area contributed by atoms with Crippen LogP contribution in [0.5, 0.6) is 0 Å². The van der Waals surface area contributed by atoms with E-state index in [0.29, 0.717) is 40.5 Å². The van der Waals surface area contributed by atoms with Crippen molar-refractivity contribution in [2.45, 2.75) is 13.0 Å². The van der Waals surface area contributed by atoms with E-state index in [1.807, 2.05) is 30.3 Å². The van der Waals surface area contributed by atoms with Crippen LogP contribution in [0.2, 0.25) is 0 Å². The van der Waals surface area contributed by atoms with Crippen LogP contribution in [0.25, 0.3) is 22.6 Å². The summed E-state index contributed by atoms with van der Waals surface area (Å²) in [6.07, 6.45) is 0.265. The summed E-state index contributed by atoms with van der Waals surface area (Å²) in [7, 11) is 0. The number of Topliss-reactive ketones (excluding diaryl/α,β-unsaturated/α-hetero) is 1. The predicted octanol–water partition coefficient (Wildman–Crippen LogP) is 3.20. The SMILES string of the molecule is N#CCCNc1nonc1-c1nc2ccccc2n1CC(=O)c1ccc([N+](=O)[O-])cc1. The van der Waals surface area contributed by atoms with Crippen LogP contribution >= 0.6 is 0 Å². The molecule has 0 aliphatic rings. The Morgan fingerprint density at radius 3 is 2.71 bits per heavy atom. The second-order valence-corrected chi connectivity index (χ2v) is 6.53. The molecule has 0 amide bonds. The zero-order valence-electron chi connectivity index (χ0n) is 16.1. The van der Waals surface area contributed by atoms with Crippen LogP contribution in [0.15, 0.2) is 53.2 Å². The lowest BCUT2D eigenvalue weighted by Crippen LogP contribution is -2.12.